The number of ketones is 1. The zero-order valence-electron chi connectivity index (χ0n) is 12.3. The maximum absolute atomic E-state index is 11.2. The van der Waals surface area contributed by atoms with E-state index in [1.807, 2.05) is 12.1 Å². The average Bonchev–Trinajstić information content (AvgIpc) is 2.98. The highest BCUT2D eigenvalue weighted by molar-refractivity contribution is 5.81. The van der Waals surface area contributed by atoms with Crippen LogP contribution in [0.2, 0.25) is 0 Å². The van der Waals surface area contributed by atoms with Gasteiger partial charge in [-0.2, -0.15) is 0 Å². The van der Waals surface area contributed by atoms with Crippen molar-refractivity contribution in [1.29, 1.82) is 0 Å². The summed E-state index contributed by atoms with van der Waals surface area (Å²) >= 11 is 0. The molecule has 0 unspecified atom stereocenters. The van der Waals surface area contributed by atoms with Crippen LogP contribution in [0.3, 0.4) is 0 Å². The van der Waals surface area contributed by atoms with E-state index in [0.29, 0.717) is 6.42 Å². The lowest BCUT2D eigenvalue weighted by Gasteiger charge is -2.08. The summed E-state index contributed by atoms with van der Waals surface area (Å²) in [6.45, 7) is -0.358. The molecule has 0 saturated heterocycles. The highest BCUT2D eigenvalue weighted by atomic mass is 16.3. The fourth-order valence-electron chi connectivity index (χ4n) is 3.17. The molecule has 2 heteroatoms. The molecule has 0 heterocycles. The van der Waals surface area contributed by atoms with E-state index in [4.69, 9.17) is 5.11 Å². The Hall–Kier alpha value is -1.15. The molecule has 2 rings (SSSR count). The second-order valence-electron chi connectivity index (χ2n) is 6.09. The Bertz CT molecular complexity index is 402. The van der Waals surface area contributed by atoms with Gasteiger partial charge < -0.3 is 5.11 Å². The van der Waals surface area contributed by atoms with E-state index in [9.17, 15) is 4.79 Å². The van der Waals surface area contributed by atoms with Crippen molar-refractivity contribution in [2.24, 2.45) is 5.92 Å². The Balaban J connectivity index is 1.66. The lowest BCUT2D eigenvalue weighted by Crippen LogP contribution is -2.07. The van der Waals surface area contributed by atoms with Gasteiger partial charge in [0.25, 0.3) is 0 Å². The van der Waals surface area contributed by atoms with E-state index in [2.05, 4.69) is 12.1 Å². The predicted octanol–water partition coefficient (Wildman–Crippen LogP) is 3.69. The Morgan fingerprint density at radius 2 is 1.70 bits per heavy atom. The van der Waals surface area contributed by atoms with Crippen molar-refractivity contribution in [1.82, 2.24) is 0 Å². The molecule has 1 N–H and O–H groups in total. The quantitative estimate of drug-likeness (QED) is 0.734. The van der Waals surface area contributed by atoms with Crippen LogP contribution in [0, 0.1) is 5.92 Å². The molecule has 1 aliphatic carbocycles. The summed E-state index contributed by atoms with van der Waals surface area (Å²) in [6, 6.07) is 8.27. The zero-order chi connectivity index (χ0) is 14.2. The number of unbranched alkanes of at least 4 members (excludes halogenated alkanes) is 1. The van der Waals surface area contributed by atoms with Crippen molar-refractivity contribution in [3.05, 3.63) is 35.4 Å². The van der Waals surface area contributed by atoms with Gasteiger partial charge in [-0.3, -0.25) is 4.79 Å². The standard InChI is InChI=1S/C18H26O2/c19-14-18(20)13-17-11-9-16(10-12-17)8-4-3-7-15-5-1-2-6-15/h9-12,15,19H,1-8,13-14H2. The third kappa shape index (κ3) is 5.09. The van der Waals surface area contributed by atoms with E-state index in [-0.39, 0.29) is 12.4 Å². The van der Waals surface area contributed by atoms with Crippen molar-refractivity contribution in [2.45, 2.75) is 57.8 Å². The van der Waals surface area contributed by atoms with Crippen molar-refractivity contribution in [2.75, 3.05) is 6.61 Å². The smallest absolute Gasteiger partial charge is 0.162 e. The molecular formula is C18H26O2. The zero-order valence-corrected chi connectivity index (χ0v) is 12.3. The van der Waals surface area contributed by atoms with Gasteiger partial charge in [0.2, 0.25) is 0 Å². The van der Waals surface area contributed by atoms with Crippen LogP contribution in [0.15, 0.2) is 24.3 Å². The number of aliphatic hydroxyl groups excluding tert-OH is 1. The molecule has 20 heavy (non-hydrogen) atoms. The number of carbonyl (C=O) groups excluding carboxylic acids is 1. The van der Waals surface area contributed by atoms with Crippen LogP contribution in [0.4, 0.5) is 0 Å². The Labute approximate surface area is 122 Å². The van der Waals surface area contributed by atoms with E-state index in [0.717, 1.165) is 17.9 Å². The van der Waals surface area contributed by atoms with Gasteiger partial charge in [0, 0.05) is 6.42 Å². The summed E-state index contributed by atoms with van der Waals surface area (Å²) in [6.07, 6.45) is 11.3. The summed E-state index contributed by atoms with van der Waals surface area (Å²) in [4.78, 5) is 11.2. The minimum atomic E-state index is -0.358. The maximum atomic E-state index is 11.2. The summed E-state index contributed by atoms with van der Waals surface area (Å²) in [7, 11) is 0. The molecule has 0 aliphatic heterocycles. The van der Waals surface area contributed by atoms with E-state index < -0.39 is 0 Å². The van der Waals surface area contributed by atoms with Gasteiger partial charge in [-0.25, -0.2) is 0 Å². The third-order valence-corrected chi connectivity index (χ3v) is 4.40. The van der Waals surface area contributed by atoms with E-state index >= 15 is 0 Å². The van der Waals surface area contributed by atoms with Crippen LogP contribution >= 0.6 is 0 Å². The van der Waals surface area contributed by atoms with Gasteiger partial charge in [0.15, 0.2) is 5.78 Å². The lowest BCUT2D eigenvalue weighted by molar-refractivity contribution is -0.121. The minimum absolute atomic E-state index is 0.116. The van der Waals surface area contributed by atoms with Crippen molar-refractivity contribution < 1.29 is 9.90 Å². The molecule has 0 atom stereocenters. The summed E-state index contributed by atoms with van der Waals surface area (Å²) < 4.78 is 0. The molecule has 0 radical (unpaired) electrons. The Morgan fingerprint density at radius 1 is 1.05 bits per heavy atom. The Kier molecular flexibility index (Phi) is 6.25. The molecule has 1 aliphatic rings. The second kappa shape index (κ2) is 8.21. The summed E-state index contributed by atoms with van der Waals surface area (Å²) in [5.74, 6) is 0.885. The van der Waals surface area contributed by atoms with Crippen LogP contribution in [-0.2, 0) is 17.6 Å². The van der Waals surface area contributed by atoms with Crippen LogP contribution < -0.4 is 0 Å². The van der Waals surface area contributed by atoms with Crippen molar-refractivity contribution in [3.8, 4) is 0 Å². The number of hydrogen-bond donors (Lipinski definition) is 1. The first kappa shape index (κ1) is 15.2. The minimum Gasteiger partial charge on any atom is -0.389 e. The first-order chi connectivity index (χ1) is 9.78. The summed E-state index contributed by atoms with van der Waals surface area (Å²) in [5, 5.41) is 8.73. The van der Waals surface area contributed by atoms with Gasteiger partial charge in [-0.05, 0) is 29.9 Å². The average molecular weight is 274 g/mol. The highest BCUT2D eigenvalue weighted by Gasteiger charge is 2.13. The largest absolute Gasteiger partial charge is 0.389 e. The highest BCUT2D eigenvalue weighted by Crippen LogP contribution is 2.29. The monoisotopic (exact) mass is 274 g/mol. The SMILES string of the molecule is O=C(CO)Cc1ccc(CCCCC2CCCC2)cc1. The fraction of sp³-hybridized carbons (Fsp3) is 0.611. The van der Waals surface area contributed by atoms with Gasteiger partial charge >= 0.3 is 0 Å². The van der Waals surface area contributed by atoms with E-state index in [1.165, 1.54) is 50.5 Å². The van der Waals surface area contributed by atoms with Gasteiger partial charge in [0.05, 0.1) is 0 Å². The van der Waals surface area contributed by atoms with Crippen LogP contribution in [0.5, 0.6) is 0 Å². The first-order valence-electron chi connectivity index (χ1n) is 7.98. The van der Waals surface area contributed by atoms with Crippen LogP contribution in [0.25, 0.3) is 0 Å². The lowest BCUT2D eigenvalue weighted by atomic mass is 9.98. The molecule has 0 bridgehead atoms. The number of rotatable bonds is 8. The number of Topliss-reactive ketones (excluding diaryl/α,β-unsaturated/α-hetero) is 1. The molecule has 0 amide bonds. The molecule has 0 spiro atoms. The molecule has 1 aromatic rings. The molecule has 1 aromatic carbocycles. The summed E-state index contributed by atoms with van der Waals surface area (Å²) in [5.41, 5.74) is 2.36. The van der Waals surface area contributed by atoms with Gasteiger partial charge in [-0.15, -0.1) is 0 Å². The predicted molar refractivity (Wildman–Crippen MR) is 81.8 cm³/mol. The van der Waals surface area contributed by atoms with Crippen molar-refractivity contribution in [3.63, 3.8) is 0 Å². The number of aryl methyl sites for hydroxylation is 1. The molecule has 2 nitrogen and oxygen atoms in total. The number of carbonyl (C=O) groups is 1. The van der Waals surface area contributed by atoms with Crippen LogP contribution in [0.1, 0.15) is 56.1 Å². The number of hydrogen-bond acceptors (Lipinski definition) is 2. The fourth-order valence-corrected chi connectivity index (χ4v) is 3.17. The molecule has 1 saturated carbocycles. The maximum Gasteiger partial charge on any atom is 0.162 e. The number of aliphatic hydroxyl groups is 1. The normalized spacial score (nSPS) is 15.7. The third-order valence-electron chi connectivity index (χ3n) is 4.40. The molecule has 1 fully saturated rings. The molecule has 110 valence electrons. The first-order valence-corrected chi connectivity index (χ1v) is 7.98. The van der Waals surface area contributed by atoms with E-state index in [1.54, 1.807) is 0 Å². The number of benzene rings is 1. The Morgan fingerprint density at radius 3 is 2.35 bits per heavy atom. The molecule has 0 aromatic heterocycles. The van der Waals surface area contributed by atoms with Gasteiger partial charge in [-0.1, -0.05) is 62.8 Å². The van der Waals surface area contributed by atoms with Crippen LogP contribution in [-0.4, -0.2) is 17.5 Å². The topological polar surface area (TPSA) is 37.3 Å². The second-order valence-corrected chi connectivity index (χ2v) is 6.09. The molecular weight excluding hydrogens is 248 g/mol. The van der Waals surface area contributed by atoms with Crippen molar-refractivity contribution >= 4 is 5.78 Å². The van der Waals surface area contributed by atoms with Gasteiger partial charge in [0.1, 0.15) is 6.61 Å².